The van der Waals surface area contributed by atoms with Crippen LogP contribution in [-0.2, 0) is 4.79 Å². The SMILES string of the molecule is O=C(CCN1C(=O)c2cccc([N+](=O)[O-])c2C1=O)Nc1ccc(C(=O)O)cc1O. The predicted octanol–water partition coefficient (Wildman–Crippen LogP) is 1.62. The van der Waals surface area contributed by atoms with E-state index >= 15 is 0 Å². The molecule has 3 N–H and O–H groups in total. The Morgan fingerprint density at radius 2 is 1.86 bits per heavy atom. The number of amides is 3. The zero-order valence-corrected chi connectivity index (χ0v) is 14.6. The van der Waals surface area contributed by atoms with E-state index < -0.39 is 40.1 Å². The van der Waals surface area contributed by atoms with Crippen molar-refractivity contribution in [1.82, 2.24) is 4.90 Å². The maximum absolute atomic E-state index is 12.4. The third-order valence-electron chi connectivity index (χ3n) is 4.25. The maximum atomic E-state index is 12.4. The highest BCUT2D eigenvalue weighted by Crippen LogP contribution is 2.31. The number of carbonyl (C=O) groups is 4. The van der Waals surface area contributed by atoms with E-state index in [1.54, 1.807) is 0 Å². The van der Waals surface area contributed by atoms with Gasteiger partial charge in [-0.3, -0.25) is 29.4 Å². The highest BCUT2D eigenvalue weighted by Gasteiger charge is 2.40. The van der Waals surface area contributed by atoms with Crippen LogP contribution >= 0.6 is 0 Å². The zero-order chi connectivity index (χ0) is 21.3. The monoisotopic (exact) mass is 399 g/mol. The number of imide groups is 1. The number of nitro benzene ring substituents is 1. The highest BCUT2D eigenvalue weighted by atomic mass is 16.6. The number of carboxylic acid groups (broad SMARTS) is 1. The number of nitrogens with one attached hydrogen (secondary N) is 1. The van der Waals surface area contributed by atoms with E-state index in [-0.39, 0.29) is 35.3 Å². The molecular formula is C18H13N3O8. The highest BCUT2D eigenvalue weighted by molar-refractivity contribution is 6.23. The van der Waals surface area contributed by atoms with Crippen molar-refractivity contribution in [2.45, 2.75) is 6.42 Å². The lowest BCUT2D eigenvalue weighted by atomic mass is 10.1. The number of aromatic hydroxyl groups is 1. The topological polar surface area (TPSA) is 167 Å². The molecule has 1 heterocycles. The average Bonchev–Trinajstić information content (AvgIpc) is 2.92. The maximum Gasteiger partial charge on any atom is 0.335 e. The van der Waals surface area contributed by atoms with Crippen LogP contribution in [0.4, 0.5) is 11.4 Å². The predicted molar refractivity (Wildman–Crippen MR) is 96.8 cm³/mol. The molecule has 0 aromatic heterocycles. The molecule has 11 heteroatoms. The van der Waals surface area contributed by atoms with Crippen LogP contribution in [0.5, 0.6) is 5.75 Å². The molecule has 0 spiro atoms. The van der Waals surface area contributed by atoms with Crippen LogP contribution in [0.15, 0.2) is 36.4 Å². The van der Waals surface area contributed by atoms with Crippen molar-refractivity contribution >= 4 is 35.1 Å². The number of phenolic OH excluding ortho intramolecular Hbond substituents is 1. The number of fused-ring (bicyclic) bond motifs is 1. The molecule has 2 aromatic carbocycles. The van der Waals surface area contributed by atoms with Crippen molar-refractivity contribution in [3.8, 4) is 5.75 Å². The van der Waals surface area contributed by atoms with Crippen molar-refractivity contribution in [2.24, 2.45) is 0 Å². The molecule has 0 radical (unpaired) electrons. The first-order valence-corrected chi connectivity index (χ1v) is 8.20. The summed E-state index contributed by atoms with van der Waals surface area (Å²) in [6, 6.07) is 7.04. The molecule has 0 unspecified atom stereocenters. The van der Waals surface area contributed by atoms with Gasteiger partial charge in [0.05, 0.1) is 21.7 Å². The van der Waals surface area contributed by atoms with Crippen LogP contribution in [0.25, 0.3) is 0 Å². The van der Waals surface area contributed by atoms with Gasteiger partial charge < -0.3 is 15.5 Å². The Labute approximate surface area is 162 Å². The Kier molecular flexibility index (Phi) is 4.96. The average molecular weight is 399 g/mol. The van der Waals surface area contributed by atoms with Gasteiger partial charge >= 0.3 is 5.97 Å². The molecule has 0 saturated heterocycles. The van der Waals surface area contributed by atoms with Crippen LogP contribution in [0, 0.1) is 10.1 Å². The van der Waals surface area contributed by atoms with Crippen molar-refractivity contribution in [1.29, 1.82) is 0 Å². The van der Waals surface area contributed by atoms with Gasteiger partial charge in [-0.05, 0) is 24.3 Å². The van der Waals surface area contributed by atoms with Crippen LogP contribution in [0.1, 0.15) is 37.5 Å². The largest absolute Gasteiger partial charge is 0.506 e. The number of anilines is 1. The molecule has 0 atom stereocenters. The number of phenols is 1. The molecule has 2 aromatic rings. The summed E-state index contributed by atoms with van der Waals surface area (Å²) in [7, 11) is 0. The van der Waals surface area contributed by atoms with Crippen LogP contribution in [0.2, 0.25) is 0 Å². The minimum Gasteiger partial charge on any atom is -0.506 e. The van der Waals surface area contributed by atoms with E-state index in [9.17, 15) is 34.4 Å². The van der Waals surface area contributed by atoms with Gasteiger partial charge in [-0.15, -0.1) is 0 Å². The molecule has 3 rings (SSSR count). The van der Waals surface area contributed by atoms with Gasteiger partial charge in [0.1, 0.15) is 11.3 Å². The Morgan fingerprint density at radius 1 is 1.14 bits per heavy atom. The number of rotatable bonds is 6. The van der Waals surface area contributed by atoms with Crippen molar-refractivity contribution in [3.05, 3.63) is 63.2 Å². The van der Waals surface area contributed by atoms with Gasteiger partial charge in [0, 0.05) is 19.0 Å². The van der Waals surface area contributed by atoms with Gasteiger partial charge in [0.25, 0.3) is 17.5 Å². The molecule has 3 amide bonds. The van der Waals surface area contributed by atoms with E-state index in [0.717, 1.165) is 17.0 Å². The van der Waals surface area contributed by atoms with Gasteiger partial charge in [0.15, 0.2) is 0 Å². The minimum absolute atomic E-state index is 0.0435. The smallest absolute Gasteiger partial charge is 0.335 e. The number of hydrogen-bond donors (Lipinski definition) is 3. The van der Waals surface area contributed by atoms with Crippen LogP contribution in [-0.4, -0.2) is 50.3 Å². The second-order valence-corrected chi connectivity index (χ2v) is 6.05. The lowest BCUT2D eigenvalue weighted by molar-refractivity contribution is -0.385. The number of nitro groups is 1. The molecule has 0 bridgehead atoms. The molecule has 148 valence electrons. The van der Waals surface area contributed by atoms with Crippen LogP contribution < -0.4 is 5.32 Å². The summed E-state index contributed by atoms with van der Waals surface area (Å²) < 4.78 is 0. The Balaban J connectivity index is 1.69. The van der Waals surface area contributed by atoms with Gasteiger partial charge in [-0.2, -0.15) is 0 Å². The summed E-state index contributed by atoms with van der Waals surface area (Å²) in [5, 5.41) is 32.1. The fraction of sp³-hybridized carbons (Fsp3) is 0.111. The summed E-state index contributed by atoms with van der Waals surface area (Å²) in [5.74, 6) is -3.98. The molecule has 0 fully saturated rings. The van der Waals surface area contributed by atoms with Crippen molar-refractivity contribution < 1.29 is 34.3 Å². The third-order valence-corrected chi connectivity index (χ3v) is 4.25. The summed E-state index contributed by atoms with van der Waals surface area (Å²) in [5.41, 5.74) is -1.13. The summed E-state index contributed by atoms with van der Waals surface area (Å²) in [6.45, 7) is -0.330. The number of aromatic carboxylic acids is 1. The molecule has 29 heavy (non-hydrogen) atoms. The first-order valence-electron chi connectivity index (χ1n) is 8.20. The quantitative estimate of drug-likeness (QED) is 0.285. The van der Waals surface area contributed by atoms with E-state index in [2.05, 4.69) is 5.32 Å². The van der Waals surface area contributed by atoms with E-state index in [4.69, 9.17) is 5.11 Å². The van der Waals surface area contributed by atoms with E-state index in [1.165, 1.54) is 24.3 Å². The van der Waals surface area contributed by atoms with E-state index in [0.29, 0.717) is 0 Å². The van der Waals surface area contributed by atoms with E-state index in [1.807, 2.05) is 0 Å². The molecule has 1 aliphatic rings. The number of nitrogens with zero attached hydrogens (tertiary/aromatic N) is 2. The molecular weight excluding hydrogens is 386 g/mol. The molecule has 1 aliphatic heterocycles. The van der Waals surface area contributed by atoms with Crippen LogP contribution in [0.3, 0.4) is 0 Å². The third kappa shape index (κ3) is 3.60. The number of hydrogen-bond acceptors (Lipinski definition) is 7. The summed E-state index contributed by atoms with van der Waals surface area (Å²) >= 11 is 0. The molecule has 11 nitrogen and oxygen atoms in total. The first kappa shape index (κ1) is 19.5. The second kappa shape index (κ2) is 7.38. The Hall–Kier alpha value is -4.28. The fourth-order valence-corrected chi connectivity index (χ4v) is 2.87. The van der Waals surface area contributed by atoms with Crippen molar-refractivity contribution in [3.63, 3.8) is 0 Å². The molecule has 0 saturated carbocycles. The second-order valence-electron chi connectivity index (χ2n) is 6.05. The Morgan fingerprint density at radius 3 is 2.48 bits per heavy atom. The normalized spacial score (nSPS) is 12.6. The lowest BCUT2D eigenvalue weighted by Crippen LogP contribution is -2.33. The zero-order valence-electron chi connectivity index (χ0n) is 14.6. The summed E-state index contributed by atoms with van der Waals surface area (Å²) in [6.07, 6.45) is -0.334. The summed E-state index contributed by atoms with van der Waals surface area (Å²) in [4.78, 5) is 58.8. The standard InChI is InChI=1S/C18H13N3O8/c22-13-8-9(18(26)27)4-5-11(13)19-14(23)6-7-20-16(24)10-2-1-3-12(21(28)29)15(10)17(20)25/h1-5,8,22H,6-7H2,(H,19,23)(H,26,27). The number of carbonyl (C=O) groups excluding carboxylic acids is 3. The minimum atomic E-state index is -1.25. The van der Waals surface area contributed by atoms with Gasteiger partial charge in [-0.25, -0.2) is 4.79 Å². The van der Waals surface area contributed by atoms with Gasteiger partial charge in [0.2, 0.25) is 5.91 Å². The Bertz CT molecular complexity index is 1080. The lowest BCUT2D eigenvalue weighted by Gasteiger charge is -2.14. The number of carboxylic acids is 1. The first-order chi connectivity index (χ1) is 13.7. The van der Waals surface area contributed by atoms with Gasteiger partial charge in [-0.1, -0.05) is 6.07 Å². The number of benzene rings is 2. The van der Waals surface area contributed by atoms with Crippen molar-refractivity contribution in [2.75, 3.05) is 11.9 Å². The molecule has 0 aliphatic carbocycles. The fourth-order valence-electron chi connectivity index (χ4n) is 2.87.